The maximum atomic E-state index is 10.5. The van der Waals surface area contributed by atoms with Gasteiger partial charge in [-0.15, -0.1) is 0 Å². The summed E-state index contributed by atoms with van der Waals surface area (Å²) in [4.78, 5) is 9.82. The largest absolute Gasteiger partial charge is 0.508 e. The number of rotatable bonds is 2. The molecule has 122 valence electrons. The van der Waals surface area contributed by atoms with Crippen LogP contribution in [0.1, 0.15) is 31.2 Å². The maximum Gasteiger partial charge on any atom is 0.352 e. The zero-order valence-corrected chi connectivity index (χ0v) is 12.8. The number of aliphatic carboxylic acids is 1. The Balaban J connectivity index is 0.000000255. The number of phenolic OH excluding ortho intramolecular Hbond substituents is 1. The van der Waals surface area contributed by atoms with E-state index >= 15 is 0 Å². The van der Waals surface area contributed by atoms with Gasteiger partial charge in [-0.3, -0.25) is 0 Å². The Kier molecular flexibility index (Phi) is 7.03. The van der Waals surface area contributed by atoms with Crippen LogP contribution in [0.5, 0.6) is 5.75 Å². The van der Waals surface area contributed by atoms with Crippen LogP contribution in [0.2, 0.25) is 0 Å². The van der Waals surface area contributed by atoms with Gasteiger partial charge in [0.15, 0.2) is 4.86 Å². The van der Waals surface area contributed by atoms with Crippen LogP contribution in [0.4, 0.5) is 0 Å². The summed E-state index contributed by atoms with van der Waals surface area (Å²) in [6.45, 7) is 0. The van der Waals surface area contributed by atoms with E-state index in [2.05, 4.69) is 0 Å². The number of phenols is 1. The van der Waals surface area contributed by atoms with E-state index < -0.39 is 21.1 Å². The molecule has 1 aliphatic rings. The molecule has 8 heteroatoms. The van der Waals surface area contributed by atoms with Crippen molar-refractivity contribution < 1.29 is 23.4 Å². The first-order valence-corrected chi connectivity index (χ1v) is 7.90. The maximum absolute atomic E-state index is 10.5. The molecule has 22 heavy (non-hydrogen) atoms. The molecule has 0 aromatic heterocycles. The molecule has 2 rings (SSSR count). The Labute approximate surface area is 130 Å². The standard InChI is InChI=1S/C8H6O5S.C6H14N2/c9-6-3-1-5(2-4-6)7(8(10)11)14(12)13;7-5-3-1-2-4-6(5)8/h1-4,9H,(H,10,11);5-6H,1-4,7-8H2/t;5-,6-/m.1/s1. The van der Waals surface area contributed by atoms with Crippen LogP contribution in [-0.4, -0.2) is 41.5 Å². The number of benzene rings is 1. The van der Waals surface area contributed by atoms with Crippen LogP contribution >= 0.6 is 0 Å². The lowest BCUT2D eigenvalue weighted by molar-refractivity contribution is -0.129. The first-order chi connectivity index (χ1) is 10.3. The SMILES string of the molecule is N[C@@H]1CCCC[C@H]1N.O=C(O)C(c1ccc(O)cc1)=S(=O)=O. The van der Waals surface area contributed by atoms with Crippen molar-refractivity contribution in [2.75, 3.05) is 0 Å². The molecule has 0 aliphatic heterocycles. The lowest BCUT2D eigenvalue weighted by Crippen LogP contribution is -2.43. The minimum absolute atomic E-state index is 0.0311. The molecule has 2 atom stereocenters. The lowest BCUT2D eigenvalue weighted by Gasteiger charge is -2.24. The number of hydrogen-bond acceptors (Lipinski definition) is 6. The Morgan fingerprint density at radius 3 is 1.82 bits per heavy atom. The summed E-state index contributed by atoms with van der Waals surface area (Å²) in [6.07, 6.45) is 4.80. The van der Waals surface area contributed by atoms with Crippen molar-refractivity contribution >= 4 is 21.1 Å². The van der Waals surface area contributed by atoms with Gasteiger partial charge in [0.05, 0.1) is 0 Å². The number of aromatic hydroxyl groups is 1. The van der Waals surface area contributed by atoms with E-state index in [-0.39, 0.29) is 23.4 Å². The smallest absolute Gasteiger partial charge is 0.352 e. The molecule has 0 bridgehead atoms. The molecule has 0 unspecified atom stereocenters. The summed E-state index contributed by atoms with van der Waals surface area (Å²) in [6, 6.07) is 5.42. The minimum Gasteiger partial charge on any atom is -0.508 e. The average molecular weight is 328 g/mol. The molecule has 1 saturated carbocycles. The second kappa shape index (κ2) is 8.52. The van der Waals surface area contributed by atoms with Gasteiger partial charge in [-0.1, -0.05) is 12.8 Å². The van der Waals surface area contributed by atoms with Crippen LogP contribution in [0.25, 0.3) is 0 Å². The molecule has 0 amide bonds. The third-order valence-electron chi connectivity index (χ3n) is 3.37. The summed E-state index contributed by atoms with van der Waals surface area (Å²) < 4.78 is 21.1. The highest BCUT2D eigenvalue weighted by Crippen LogP contribution is 2.14. The zero-order chi connectivity index (χ0) is 16.7. The van der Waals surface area contributed by atoms with Gasteiger partial charge in [0.1, 0.15) is 5.75 Å². The molecule has 7 nitrogen and oxygen atoms in total. The fourth-order valence-corrected chi connectivity index (χ4v) is 2.56. The topological polar surface area (TPSA) is 144 Å². The second-order valence-electron chi connectivity index (χ2n) is 5.03. The Bertz CT molecular complexity index is 622. The Morgan fingerprint density at radius 1 is 1.05 bits per heavy atom. The van der Waals surface area contributed by atoms with Crippen molar-refractivity contribution in [1.82, 2.24) is 0 Å². The number of nitrogens with two attached hydrogens (primary N) is 2. The third-order valence-corrected chi connectivity index (χ3v) is 4.11. The van der Waals surface area contributed by atoms with Gasteiger partial charge in [0.2, 0.25) is 10.3 Å². The van der Waals surface area contributed by atoms with Crippen LogP contribution in [0, 0.1) is 0 Å². The number of hydrogen-bond donors (Lipinski definition) is 4. The predicted molar refractivity (Wildman–Crippen MR) is 83.2 cm³/mol. The van der Waals surface area contributed by atoms with E-state index in [0.717, 1.165) is 12.8 Å². The zero-order valence-electron chi connectivity index (χ0n) is 12.0. The summed E-state index contributed by atoms with van der Waals surface area (Å²) >= 11 is 0. The van der Waals surface area contributed by atoms with E-state index in [1.165, 1.54) is 37.1 Å². The van der Waals surface area contributed by atoms with Crippen molar-refractivity contribution in [1.29, 1.82) is 0 Å². The summed E-state index contributed by atoms with van der Waals surface area (Å²) in [7, 11) is -2.81. The van der Waals surface area contributed by atoms with Crippen molar-refractivity contribution in [3.63, 3.8) is 0 Å². The van der Waals surface area contributed by atoms with Crippen LogP contribution in [0.3, 0.4) is 0 Å². The Morgan fingerprint density at radius 2 is 1.50 bits per heavy atom. The van der Waals surface area contributed by atoms with Crippen molar-refractivity contribution in [2.45, 2.75) is 37.8 Å². The fraction of sp³-hybridized carbons (Fsp3) is 0.429. The number of carboxylic acid groups (broad SMARTS) is 1. The number of carbonyl (C=O) groups is 1. The predicted octanol–water partition coefficient (Wildman–Crippen LogP) is 0.0914. The summed E-state index contributed by atoms with van der Waals surface area (Å²) in [5.41, 5.74) is 11.3. The molecule has 0 radical (unpaired) electrons. The molecule has 1 aromatic carbocycles. The van der Waals surface area contributed by atoms with E-state index in [1.807, 2.05) is 0 Å². The highest BCUT2D eigenvalue weighted by atomic mass is 32.2. The van der Waals surface area contributed by atoms with Crippen molar-refractivity contribution in [3.05, 3.63) is 29.8 Å². The summed E-state index contributed by atoms with van der Waals surface area (Å²) in [5, 5.41) is 17.5. The highest BCUT2D eigenvalue weighted by molar-refractivity contribution is 7.75. The number of carboxylic acids is 1. The average Bonchev–Trinajstić information content (AvgIpc) is 2.44. The van der Waals surface area contributed by atoms with Gasteiger partial charge in [-0.25, -0.2) is 4.79 Å². The molecular weight excluding hydrogens is 308 g/mol. The van der Waals surface area contributed by atoms with Crippen LogP contribution < -0.4 is 11.5 Å². The van der Waals surface area contributed by atoms with Crippen molar-refractivity contribution in [3.8, 4) is 5.75 Å². The molecule has 1 aromatic rings. The molecule has 0 saturated heterocycles. The lowest BCUT2D eigenvalue weighted by atomic mass is 9.92. The van der Waals surface area contributed by atoms with Gasteiger partial charge >= 0.3 is 5.97 Å². The van der Waals surface area contributed by atoms with E-state index in [1.54, 1.807) is 0 Å². The molecule has 0 heterocycles. The van der Waals surface area contributed by atoms with E-state index in [0.29, 0.717) is 0 Å². The highest BCUT2D eigenvalue weighted by Gasteiger charge is 2.16. The first-order valence-electron chi connectivity index (χ1n) is 6.83. The van der Waals surface area contributed by atoms with Crippen LogP contribution in [0.15, 0.2) is 24.3 Å². The second-order valence-corrected chi connectivity index (χ2v) is 5.91. The monoisotopic (exact) mass is 328 g/mol. The van der Waals surface area contributed by atoms with Gasteiger partial charge < -0.3 is 21.7 Å². The van der Waals surface area contributed by atoms with E-state index in [9.17, 15) is 13.2 Å². The molecule has 1 aliphatic carbocycles. The van der Waals surface area contributed by atoms with Gasteiger partial charge in [-0.2, -0.15) is 8.42 Å². The van der Waals surface area contributed by atoms with Gasteiger partial charge in [-0.05, 0) is 37.1 Å². The minimum atomic E-state index is -2.81. The molecular formula is C14H20N2O5S. The van der Waals surface area contributed by atoms with Gasteiger partial charge in [0.25, 0.3) is 0 Å². The normalized spacial score (nSPS) is 20.5. The van der Waals surface area contributed by atoms with E-state index in [4.69, 9.17) is 21.7 Å². The third kappa shape index (κ3) is 5.47. The summed E-state index contributed by atoms with van der Waals surface area (Å²) in [5.74, 6) is -1.58. The molecule has 6 N–H and O–H groups in total. The van der Waals surface area contributed by atoms with Crippen LogP contribution in [-0.2, 0) is 15.1 Å². The fourth-order valence-electron chi connectivity index (χ4n) is 2.09. The first kappa shape index (κ1) is 18.1. The Hall–Kier alpha value is -1.90. The molecule has 0 spiro atoms. The molecule has 1 fully saturated rings. The van der Waals surface area contributed by atoms with Crippen molar-refractivity contribution in [2.24, 2.45) is 11.5 Å². The quantitative estimate of drug-likeness (QED) is 0.445. The van der Waals surface area contributed by atoms with Gasteiger partial charge in [0, 0.05) is 17.6 Å².